The molecule has 0 bridgehead atoms. The van der Waals surface area contributed by atoms with Gasteiger partial charge in [-0.1, -0.05) is 41.4 Å². The SMILES string of the molecule is CCOC(=O)c1cc(C(=O)Nc2nn(Cc3ccccc3Cl)cc2Cl)nn1C. The summed E-state index contributed by atoms with van der Waals surface area (Å²) in [6.07, 6.45) is 1.59. The van der Waals surface area contributed by atoms with Gasteiger partial charge in [-0.15, -0.1) is 0 Å². The normalized spacial score (nSPS) is 10.7. The lowest BCUT2D eigenvalue weighted by Gasteiger charge is -2.04. The Hall–Kier alpha value is -2.84. The van der Waals surface area contributed by atoms with Gasteiger partial charge in [0.25, 0.3) is 5.91 Å². The smallest absolute Gasteiger partial charge is 0.356 e. The van der Waals surface area contributed by atoms with Gasteiger partial charge < -0.3 is 10.1 Å². The molecule has 1 N–H and O–H groups in total. The van der Waals surface area contributed by atoms with E-state index in [-0.39, 0.29) is 28.8 Å². The number of nitrogens with one attached hydrogen (secondary N) is 1. The first-order valence-corrected chi connectivity index (χ1v) is 9.13. The van der Waals surface area contributed by atoms with E-state index < -0.39 is 11.9 Å². The molecule has 28 heavy (non-hydrogen) atoms. The maximum absolute atomic E-state index is 12.5. The van der Waals surface area contributed by atoms with Crippen LogP contribution in [0.1, 0.15) is 33.5 Å². The van der Waals surface area contributed by atoms with Crippen molar-refractivity contribution in [1.29, 1.82) is 0 Å². The molecule has 0 atom stereocenters. The molecule has 2 heterocycles. The molecule has 3 rings (SSSR count). The Labute approximate surface area is 171 Å². The van der Waals surface area contributed by atoms with Crippen LogP contribution in [0.15, 0.2) is 36.5 Å². The highest BCUT2D eigenvalue weighted by atomic mass is 35.5. The van der Waals surface area contributed by atoms with Gasteiger partial charge in [0.2, 0.25) is 0 Å². The van der Waals surface area contributed by atoms with E-state index in [9.17, 15) is 9.59 Å². The fourth-order valence-electron chi connectivity index (χ4n) is 2.51. The van der Waals surface area contributed by atoms with Crippen LogP contribution in [0.3, 0.4) is 0 Å². The molecule has 0 unspecified atom stereocenters. The number of carbonyl (C=O) groups is 2. The fraction of sp³-hybridized carbons (Fsp3) is 0.222. The number of halogens is 2. The Morgan fingerprint density at radius 1 is 1.18 bits per heavy atom. The maximum Gasteiger partial charge on any atom is 0.356 e. The third-order valence-electron chi connectivity index (χ3n) is 3.84. The Morgan fingerprint density at radius 3 is 2.64 bits per heavy atom. The van der Waals surface area contributed by atoms with Crippen molar-refractivity contribution in [2.45, 2.75) is 13.5 Å². The number of esters is 1. The second-order valence-electron chi connectivity index (χ2n) is 5.83. The monoisotopic (exact) mass is 421 g/mol. The lowest BCUT2D eigenvalue weighted by atomic mass is 10.2. The molecule has 3 aromatic rings. The Balaban J connectivity index is 1.74. The van der Waals surface area contributed by atoms with Crippen LogP contribution in [-0.2, 0) is 18.3 Å². The van der Waals surface area contributed by atoms with Gasteiger partial charge in [0.05, 0.1) is 13.2 Å². The van der Waals surface area contributed by atoms with E-state index in [2.05, 4.69) is 15.5 Å². The zero-order valence-corrected chi connectivity index (χ0v) is 16.7. The predicted octanol–water partition coefficient (Wildman–Crippen LogP) is 3.40. The number of aromatic nitrogens is 4. The van der Waals surface area contributed by atoms with Crippen molar-refractivity contribution in [2.75, 3.05) is 11.9 Å². The number of anilines is 1. The summed E-state index contributed by atoms with van der Waals surface area (Å²) in [4.78, 5) is 24.3. The average Bonchev–Trinajstić information content (AvgIpc) is 3.20. The van der Waals surface area contributed by atoms with Gasteiger partial charge >= 0.3 is 5.97 Å². The molecule has 0 aliphatic heterocycles. The van der Waals surface area contributed by atoms with E-state index in [1.54, 1.807) is 30.9 Å². The number of carbonyl (C=O) groups excluding carboxylic acids is 2. The van der Waals surface area contributed by atoms with E-state index in [0.29, 0.717) is 11.6 Å². The highest BCUT2D eigenvalue weighted by Crippen LogP contribution is 2.22. The van der Waals surface area contributed by atoms with E-state index in [1.807, 2.05) is 18.2 Å². The van der Waals surface area contributed by atoms with Crippen LogP contribution in [0.2, 0.25) is 10.0 Å². The van der Waals surface area contributed by atoms with Gasteiger partial charge in [0, 0.05) is 24.3 Å². The minimum Gasteiger partial charge on any atom is -0.461 e. The van der Waals surface area contributed by atoms with Crippen LogP contribution in [0.4, 0.5) is 5.82 Å². The highest BCUT2D eigenvalue weighted by molar-refractivity contribution is 6.33. The number of hydrogen-bond acceptors (Lipinski definition) is 5. The molecule has 0 saturated carbocycles. The molecule has 0 radical (unpaired) electrons. The third-order valence-corrected chi connectivity index (χ3v) is 4.48. The minimum absolute atomic E-state index is 0.0438. The number of amides is 1. The molecule has 10 heteroatoms. The number of ether oxygens (including phenoxy) is 1. The largest absolute Gasteiger partial charge is 0.461 e. The molecular formula is C18H17Cl2N5O3. The molecule has 8 nitrogen and oxygen atoms in total. The van der Waals surface area contributed by atoms with Crippen molar-refractivity contribution in [3.05, 3.63) is 63.5 Å². The van der Waals surface area contributed by atoms with Gasteiger partial charge in [-0.05, 0) is 18.6 Å². The minimum atomic E-state index is -0.557. The van der Waals surface area contributed by atoms with Crippen molar-refractivity contribution in [2.24, 2.45) is 7.05 Å². The number of aryl methyl sites for hydroxylation is 1. The summed E-state index contributed by atoms with van der Waals surface area (Å²) in [7, 11) is 1.55. The van der Waals surface area contributed by atoms with Crippen LogP contribution < -0.4 is 5.32 Å². The van der Waals surface area contributed by atoms with Crippen molar-refractivity contribution in [3.63, 3.8) is 0 Å². The fourth-order valence-corrected chi connectivity index (χ4v) is 2.90. The van der Waals surface area contributed by atoms with Gasteiger partial charge in [-0.2, -0.15) is 10.2 Å². The maximum atomic E-state index is 12.5. The van der Waals surface area contributed by atoms with E-state index in [0.717, 1.165) is 5.56 Å². The summed E-state index contributed by atoms with van der Waals surface area (Å²) in [5.41, 5.74) is 1.08. The van der Waals surface area contributed by atoms with Crippen molar-refractivity contribution in [1.82, 2.24) is 19.6 Å². The number of nitrogens with zero attached hydrogens (tertiary/aromatic N) is 4. The molecular weight excluding hydrogens is 405 g/mol. The van der Waals surface area contributed by atoms with Crippen LogP contribution in [0.5, 0.6) is 0 Å². The standard InChI is InChI=1S/C18H17Cl2N5O3/c1-3-28-18(27)15-8-14(22-24(15)2)17(26)21-16-13(20)10-25(23-16)9-11-6-4-5-7-12(11)19/h4-8,10H,3,9H2,1-2H3,(H,21,23,26). The van der Waals surface area contributed by atoms with Crippen LogP contribution in [0.25, 0.3) is 0 Å². The van der Waals surface area contributed by atoms with E-state index in [1.165, 1.54) is 10.7 Å². The average molecular weight is 422 g/mol. The van der Waals surface area contributed by atoms with Crippen LogP contribution >= 0.6 is 23.2 Å². The molecule has 0 saturated heterocycles. The lowest BCUT2D eigenvalue weighted by molar-refractivity contribution is 0.0513. The number of hydrogen-bond donors (Lipinski definition) is 1. The van der Waals surface area contributed by atoms with Gasteiger partial charge in [0.1, 0.15) is 10.7 Å². The summed E-state index contributed by atoms with van der Waals surface area (Å²) in [5.74, 6) is -0.920. The molecule has 146 valence electrons. The van der Waals surface area contributed by atoms with E-state index >= 15 is 0 Å². The summed E-state index contributed by atoms with van der Waals surface area (Å²) in [6, 6.07) is 8.72. The molecule has 1 aromatic carbocycles. The Morgan fingerprint density at radius 2 is 1.93 bits per heavy atom. The first-order valence-electron chi connectivity index (χ1n) is 8.38. The highest BCUT2D eigenvalue weighted by Gasteiger charge is 2.20. The quantitative estimate of drug-likeness (QED) is 0.615. The van der Waals surface area contributed by atoms with Crippen molar-refractivity contribution in [3.8, 4) is 0 Å². The Bertz CT molecular complexity index is 1030. The number of rotatable bonds is 6. The third kappa shape index (κ3) is 4.35. The summed E-state index contributed by atoms with van der Waals surface area (Å²) >= 11 is 12.3. The summed E-state index contributed by atoms with van der Waals surface area (Å²) < 4.78 is 7.78. The molecule has 2 aromatic heterocycles. The number of benzene rings is 1. The van der Waals surface area contributed by atoms with Gasteiger partial charge in [0.15, 0.2) is 11.5 Å². The topological polar surface area (TPSA) is 91.0 Å². The first-order chi connectivity index (χ1) is 13.4. The summed E-state index contributed by atoms with van der Waals surface area (Å²) in [5, 5.41) is 11.8. The molecule has 0 aliphatic rings. The van der Waals surface area contributed by atoms with Gasteiger partial charge in [-0.25, -0.2) is 4.79 Å². The molecule has 0 spiro atoms. The van der Waals surface area contributed by atoms with Crippen LogP contribution in [0, 0.1) is 0 Å². The molecule has 0 fully saturated rings. The van der Waals surface area contributed by atoms with Crippen molar-refractivity contribution < 1.29 is 14.3 Å². The zero-order valence-electron chi connectivity index (χ0n) is 15.1. The lowest BCUT2D eigenvalue weighted by Crippen LogP contribution is -2.14. The second-order valence-corrected chi connectivity index (χ2v) is 6.64. The first kappa shape index (κ1) is 19.9. The van der Waals surface area contributed by atoms with Crippen molar-refractivity contribution >= 4 is 40.9 Å². The predicted molar refractivity (Wildman–Crippen MR) is 105 cm³/mol. The Kier molecular flexibility index (Phi) is 6.01. The van der Waals surface area contributed by atoms with E-state index in [4.69, 9.17) is 27.9 Å². The summed E-state index contributed by atoms with van der Waals surface area (Å²) in [6.45, 7) is 2.32. The molecule has 1 amide bonds. The van der Waals surface area contributed by atoms with Gasteiger partial charge in [-0.3, -0.25) is 14.2 Å². The zero-order chi connectivity index (χ0) is 20.3. The van der Waals surface area contributed by atoms with Crippen LogP contribution in [-0.4, -0.2) is 38.0 Å². The second kappa shape index (κ2) is 8.45. The molecule has 0 aliphatic carbocycles.